The molecule has 0 unspecified atom stereocenters. The third-order valence-corrected chi connectivity index (χ3v) is 1.49. The zero-order valence-electron chi connectivity index (χ0n) is 4.80. The summed E-state index contributed by atoms with van der Waals surface area (Å²) in [5.41, 5.74) is 0. The molecule has 0 saturated heterocycles. The van der Waals surface area contributed by atoms with E-state index in [0.717, 1.165) is 12.8 Å². The SMILES string of the molecule is Cl.NOC1CCCC1. The van der Waals surface area contributed by atoms with E-state index in [1.165, 1.54) is 12.8 Å². The Balaban J connectivity index is 0.000000490. The van der Waals surface area contributed by atoms with Crippen LogP contribution < -0.4 is 5.90 Å². The van der Waals surface area contributed by atoms with Crippen LogP contribution in [0.2, 0.25) is 0 Å². The molecule has 0 aromatic rings. The third-order valence-electron chi connectivity index (χ3n) is 1.49. The van der Waals surface area contributed by atoms with Gasteiger partial charge in [0.25, 0.3) is 0 Å². The number of nitrogens with two attached hydrogens (primary N) is 1. The second-order valence-corrected chi connectivity index (χ2v) is 2.04. The summed E-state index contributed by atoms with van der Waals surface area (Å²) in [5.74, 6) is 4.93. The predicted octanol–water partition coefficient (Wildman–Crippen LogP) is 1.24. The van der Waals surface area contributed by atoms with E-state index in [-0.39, 0.29) is 12.4 Å². The summed E-state index contributed by atoms with van der Waals surface area (Å²) in [6.07, 6.45) is 5.29. The molecule has 50 valence electrons. The van der Waals surface area contributed by atoms with Gasteiger partial charge < -0.3 is 4.84 Å². The molecule has 0 radical (unpaired) electrons. The van der Waals surface area contributed by atoms with Gasteiger partial charge in [0.05, 0.1) is 6.10 Å². The summed E-state index contributed by atoms with van der Waals surface area (Å²) in [6.45, 7) is 0. The number of rotatable bonds is 1. The summed E-state index contributed by atoms with van der Waals surface area (Å²) in [7, 11) is 0. The highest BCUT2D eigenvalue weighted by Gasteiger charge is 2.13. The molecule has 2 nitrogen and oxygen atoms in total. The molecule has 8 heavy (non-hydrogen) atoms. The highest BCUT2D eigenvalue weighted by atomic mass is 35.5. The van der Waals surface area contributed by atoms with E-state index in [2.05, 4.69) is 4.84 Å². The van der Waals surface area contributed by atoms with Gasteiger partial charge in [-0.05, 0) is 12.8 Å². The zero-order chi connectivity index (χ0) is 5.11. The van der Waals surface area contributed by atoms with E-state index in [1.807, 2.05) is 0 Å². The minimum Gasteiger partial charge on any atom is -0.301 e. The average Bonchev–Trinajstić information content (AvgIpc) is 2.14. The fourth-order valence-corrected chi connectivity index (χ4v) is 1.02. The summed E-state index contributed by atoms with van der Waals surface area (Å²) >= 11 is 0. The van der Waals surface area contributed by atoms with Crippen molar-refractivity contribution < 1.29 is 4.84 Å². The molecule has 1 saturated carbocycles. The fourth-order valence-electron chi connectivity index (χ4n) is 1.02. The first kappa shape index (κ1) is 8.21. The van der Waals surface area contributed by atoms with E-state index in [1.54, 1.807) is 0 Å². The van der Waals surface area contributed by atoms with Gasteiger partial charge in [0.2, 0.25) is 0 Å². The molecule has 0 heterocycles. The lowest BCUT2D eigenvalue weighted by atomic mass is 10.3. The van der Waals surface area contributed by atoms with Crippen LogP contribution in [0, 0.1) is 0 Å². The maximum atomic E-state index is 4.93. The van der Waals surface area contributed by atoms with E-state index >= 15 is 0 Å². The molecular weight excluding hydrogens is 126 g/mol. The first-order valence-electron chi connectivity index (χ1n) is 2.79. The predicted molar refractivity (Wildman–Crippen MR) is 34.8 cm³/mol. The lowest BCUT2D eigenvalue weighted by molar-refractivity contribution is 0.0588. The van der Waals surface area contributed by atoms with E-state index in [9.17, 15) is 0 Å². The molecule has 1 rings (SSSR count). The van der Waals surface area contributed by atoms with E-state index < -0.39 is 0 Å². The molecule has 1 aliphatic rings. The molecule has 0 aliphatic heterocycles. The Labute approximate surface area is 55.8 Å². The normalized spacial score (nSPS) is 20.6. The van der Waals surface area contributed by atoms with Gasteiger partial charge in [-0.15, -0.1) is 12.4 Å². The Morgan fingerprint density at radius 1 is 1.25 bits per heavy atom. The summed E-state index contributed by atoms with van der Waals surface area (Å²) < 4.78 is 0. The van der Waals surface area contributed by atoms with Crippen molar-refractivity contribution in [2.45, 2.75) is 31.8 Å². The van der Waals surface area contributed by atoms with E-state index in [4.69, 9.17) is 5.90 Å². The van der Waals surface area contributed by atoms with Gasteiger partial charge in [0.15, 0.2) is 0 Å². The van der Waals surface area contributed by atoms with Crippen molar-refractivity contribution in [1.29, 1.82) is 0 Å². The quantitative estimate of drug-likeness (QED) is 0.552. The van der Waals surface area contributed by atoms with Crippen molar-refractivity contribution in [3.8, 4) is 0 Å². The van der Waals surface area contributed by atoms with Crippen LogP contribution in [0.1, 0.15) is 25.7 Å². The number of hydrogen-bond donors (Lipinski definition) is 1. The summed E-state index contributed by atoms with van der Waals surface area (Å²) in [6, 6.07) is 0. The van der Waals surface area contributed by atoms with Gasteiger partial charge in [0.1, 0.15) is 0 Å². The second kappa shape index (κ2) is 4.13. The number of hydrogen-bond acceptors (Lipinski definition) is 2. The van der Waals surface area contributed by atoms with Crippen LogP contribution in [0.5, 0.6) is 0 Å². The largest absolute Gasteiger partial charge is 0.301 e. The van der Waals surface area contributed by atoms with Crippen molar-refractivity contribution in [2.75, 3.05) is 0 Å². The minimum absolute atomic E-state index is 0. The zero-order valence-corrected chi connectivity index (χ0v) is 5.62. The molecule has 0 aromatic carbocycles. The molecule has 1 aliphatic carbocycles. The number of halogens is 1. The Kier molecular flexibility index (Phi) is 4.23. The highest BCUT2D eigenvalue weighted by molar-refractivity contribution is 5.85. The van der Waals surface area contributed by atoms with Gasteiger partial charge in [-0.3, -0.25) is 0 Å². The van der Waals surface area contributed by atoms with Crippen molar-refractivity contribution in [3.05, 3.63) is 0 Å². The summed E-state index contributed by atoms with van der Waals surface area (Å²) in [4.78, 5) is 4.61. The molecule has 1 fully saturated rings. The van der Waals surface area contributed by atoms with Crippen LogP contribution in [0.4, 0.5) is 0 Å². The molecule has 0 amide bonds. The van der Waals surface area contributed by atoms with Crippen molar-refractivity contribution in [1.82, 2.24) is 0 Å². The standard InChI is InChI=1S/C5H11NO.ClH/c6-7-5-3-1-2-4-5;/h5H,1-4,6H2;1H. The Bertz CT molecular complexity index is 54.4. The lowest BCUT2D eigenvalue weighted by Crippen LogP contribution is -2.11. The molecule has 0 bridgehead atoms. The Morgan fingerprint density at radius 3 is 2.00 bits per heavy atom. The highest BCUT2D eigenvalue weighted by Crippen LogP contribution is 2.18. The minimum atomic E-state index is 0. The van der Waals surface area contributed by atoms with Crippen LogP contribution in [0.15, 0.2) is 0 Å². The van der Waals surface area contributed by atoms with Crippen LogP contribution in [0.3, 0.4) is 0 Å². The van der Waals surface area contributed by atoms with Crippen LogP contribution in [0.25, 0.3) is 0 Å². The Morgan fingerprint density at radius 2 is 1.75 bits per heavy atom. The van der Waals surface area contributed by atoms with Crippen molar-refractivity contribution in [2.24, 2.45) is 5.90 Å². The smallest absolute Gasteiger partial charge is 0.0787 e. The third kappa shape index (κ3) is 1.99. The molecule has 2 N–H and O–H groups in total. The van der Waals surface area contributed by atoms with Gasteiger partial charge in [0, 0.05) is 0 Å². The van der Waals surface area contributed by atoms with Crippen LogP contribution >= 0.6 is 12.4 Å². The first-order chi connectivity index (χ1) is 3.43. The molecule has 0 atom stereocenters. The summed E-state index contributed by atoms with van der Waals surface area (Å²) in [5, 5.41) is 0. The topological polar surface area (TPSA) is 35.2 Å². The fraction of sp³-hybridized carbons (Fsp3) is 1.00. The van der Waals surface area contributed by atoms with Crippen molar-refractivity contribution in [3.63, 3.8) is 0 Å². The maximum Gasteiger partial charge on any atom is 0.0787 e. The first-order valence-corrected chi connectivity index (χ1v) is 2.79. The van der Waals surface area contributed by atoms with Crippen molar-refractivity contribution >= 4 is 12.4 Å². The molecule has 3 heteroatoms. The van der Waals surface area contributed by atoms with Gasteiger partial charge in [-0.25, -0.2) is 5.90 Å². The molecular formula is C5H12ClNO. The Hall–Kier alpha value is 0.210. The molecule has 0 aromatic heterocycles. The van der Waals surface area contributed by atoms with E-state index in [0.29, 0.717) is 6.10 Å². The van der Waals surface area contributed by atoms with Crippen LogP contribution in [-0.2, 0) is 4.84 Å². The van der Waals surface area contributed by atoms with Crippen LogP contribution in [-0.4, -0.2) is 6.10 Å². The maximum absolute atomic E-state index is 4.93. The molecule has 0 spiro atoms. The van der Waals surface area contributed by atoms with Gasteiger partial charge in [-0.1, -0.05) is 12.8 Å². The monoisotopic (exact) mass is 137 g/mol. The van der Waals surface area contributed by atoms with Gasteiger partial charge >= 0.3 is 0 Å². The lowest BCUT2D eigenvalue weighted by Gasteiger charge is -2.01. The second-order valence-electron chi connectivity index (χ2n) is 2.04. The average molecular weight is 138 g/mol. The van der Waals surface area contributed by atoms with Gasteiger partial charge in [-0.2, -0.15) is 0 Å².